The number of sulfonamides is 1. The van der Waals surface area contributed by atoms with E-state index in [4.69, 9.17) is 0 Å². The van der Waals surface area contributed by atoms with Gasteiger partial charge in [-0.15, -0.1) is 22.7 Å². The predicted molar refractivity (Wildman–Crippen MR) is 124 cm³/mol. The zero-order chi connectivity index (χ0) is 22.1. The normalized spacial score (nSPS) is 11.5. The molecule has 0 unspecified atom stereocenters. The van der Waals surface area contributed by atoms with E-state index in [2.05, 4.69) is 25.0 Å². The molecule has 0 saturated heterocycles. The van der Waals surface area contributed by atoms with Gasteiger partial charge in [-0.05, 0) is 41.8 Å². The predicted octanol–water partition coefficient (Wildman–Crippen LogP) is 3.97. The van der Waals surface area contributed by atoms with Crippen LogP contribution in [-0.2, 0) is 10.0 Å². The zero-order valence-electron chi connectivity index (χ0n) is 16.2. The molecule has 0 saturated carbocycles. The van der Waals surface area contributed by atoms with Gasteiger partial charge in [-0.3, -0.25) is 9.20 Å². The number of imidazole rings is 1. The molecule has 0 bridgehead atoms. The van der Waals surface area contributed by atoms with Gasteiger partial charge in [0.2, 0.25) is 5.95 Å². The lowest BCUT2D eigenvalue weighted by Gasteiger charge is -2.08. The number of hydrogen-bond acceptors (Lipinski definition) is 8. The fraction of sp³-hybridized carbons (Fsp3) is 0. The molecule has 0 aliphatic carbocycles. The molecule has 2 N–H and O–H groups in total. The lowest BCUT2D eigenvalue weighted by atomic mass is 10.3. The van der Waals surface area contributed by atoms with Gasteiger partial charge in [0.05, 0.1) is 9.77 Å². The first kappa shape index (κ1) is 20.3. The minimum absolute atomic E-state index is 0.0198. The van der Waals surface area contributed by atoms with Crippen LogP contribution in [0, 0.1) is 0 Å². The molecule has 160 valence electrons. The number of amides is 1. The first-order valence-corrected chi connectivity index (χ1v) is 12.5. The first-order chi connectivity index (χ1) is 15.5. The molecule has 4 aromatic heterocycles. The summed E-state index contributed by atoms with van der Waals surface area (Å²) < 4.78 is 29.0. The Morgan fingerprint density at radius 2 is 1.78 bits per heavy atom. The fourth-order valence-corrected chi connectivity index (χ4v) is 5.42. The van der Waals surface area contributed by atoms with Crippen molar-refractivity contribution < 1.29 is 13.2 Å². The lowest BCUT2D eigenvalue weighted by molar-refractivity contribution is 0.102. The molecule has 0 radical (unpaired) electrons. The molecule has 4 heterocycles. The molecule has 0 aliphatic rings. The number of benzene rings is 1. The first-order valence-electron chi connectivity index (χ1n) is 9.21. The van der Waals surface area contributed by atoms with Crippen molar-refractivity contribution >= 4 is 55.2 Å². The van der Waals surface area contributed by atoms with Gasteiger partial charge in [0.25, 0.3) is 15.9 Å². The molecule has 0 fully saturated rings. The number of hydrogen-bond donors (Lipinski definition) is 2. The van der Waals surface area contributed by atoms with Crippen LogP contribution in [-0.4, -0.2) is 33.7 Å². The van der Waals surface area contributed by atoms with Crippen molar-refractivity contribution in [2.75, 3.05) is 10.0 Å². The molecule has 0 atom stereocenters. The standard InChI is InChI=1S/C20H14N6O3S3/c27-18(16-12-31-20-24-15(11-26(16)20)17-3-1-10-30-17)23-13-4-6-14(7-5-13)32(28,29)25-19-21-8-2-9-22-19/h1-12H,(H,23,27)(H,21,22,25). The van der Waals surface area contributed by atoms with E-state index in [1.807, 2.05) is 23.7 Å². The highest BCUT2D eigenvalue weighted by atomic mass is 32.2. The van der Waals surface area contributed by atoms with Gasteiger partial charge < -0.3 is 5.32 Å². The summed E-state index contributed by atoms with van der Waals surface area (Å²) in [5.41, 5.74) is 1.72. The van der Waals surface area contributed by atoms with Gasteiger partial charge in [-0.25, -0.2) is 28.1 Å². The summed E-state index contributed by atoms with van der Waals surface area (Å²) in [6.45, 7) is 0. The number of carbonyl (C=O) groups is 1. The summed E-state index contributed by atoms with van der Waals surface area (Å²) in [7, 11) is -3.85. The molecule has 1 aromatic carbocycles. The van der Waals surface area contributed by atoms with Gasteiger partial charge in [-0.2, -0.15) is 0 Å². The monoisotopic (exact) mass is 482 g/mol. The third kappa shape index (κ3) is 3.98. The van der Waals surface area contributed by atoms with Crippen molar-refractivity contribution in [3.8, 4) is 10.6 Å². The maximum Gasteiger partial charge on any atom is 0.273 e. The van der Waals surface area contributed by atoms with Gasteiger partial charge in [0.1, 0.15) is 11.4 Å². The summed E-state index contributed by atoms with van der Waals surface area (Å²) in [6.07, 6.45) is 4.71. The Labute approximate surface area is 190 Å². The summed E-state index contributed by atoms with van der Waals surface area (Å²) in [5.74, 6) is -0.341. The molecule has 0 spiro atoms. The molecule has 5 rings (SSSR count). The van der Waals surface area contributed by atoms with Crippen LogP contribution in [0.3, 0.4) is 0 Å². The van der Waals surface area contributed by atoms with E-state index in [0.29, 0.717) is 16.3 Å². The Balaban J connectivity index is 1.33. The van der Waals surface area contributed by atoms with E-state index in [1.165, 1.54) is 48.0 Å². The van der Waals surface area contributed by atoms with Gasteiger partial charge in [0.15, 0.2) is 4.96 Å². The molecular formula is C20H14N6O3S3. The number of aromatic nitrogens is 4. The third-order valence-corrected chi connectivity index (χ3v) is 7.51. The van der Waals surface area contributed by atoms with E-state index < -0.39 is 10.0 Å². The van der Waals surface area contributed by atoms with E-state index in [-0.39, 0.29) is 16.8 Å². The molecule has 0 aliphatic heterocycles. The highest BCUT2D eigenvalue weighted by molar-refractivity contribution is 7.92. The highest BCUT2D eigenvalue weighted by Gasteiger charge is 2.18. The number of carbonyl (C=O) groups excluding carboxylic acids is 1. The van der Waals surface area contributed by atoms with E-state index in [1.54, 1.807) is 27.2 Å². The van der Waals surface area contributed by atoms with Crippen LogP contribution in [0.5, 0.6) is 0 Å². The molecular weight excluding hydrogens is 468 g/mol. The van der Waals surface area contributed by atoms with Crippen LogP contribution in [0.25, 0.3) is 15.5 Å². The largest absolute Gasteiger partial charge is 0.321 e. The molecule has 1 amide bonds. The lowest BCUT2D eigenvalue weighted by Crippen LogP contribution is -2.16. The third-order valence-electron chi connectivity index (χ3n) is 4.43. The number of nitrogens with zero attached hydrogens (tertiary/aromatic N) is 4. The number of anilines is 2. The van der Waals surface area contributed by atoms with Crippen LogP contribution >= 0.6 is 22.7 Å². The van der Waals surface area contributed by atoms with Gasteiger partial charge in [0, 0.05) is 29.7 Å². The van der Waals surface area contributed by atoms with E-state index in [0.717, 1.165) is 10.6 Å². The quantitative estimate of drug-likeness (QED) is 0.378. The Bertz CT molecular complexity index is 1490. The fourth-order valence-electron chi connectivity index (χ4n) is 2.93. The SMILES string of the molecule is O=C(Nc1ccc(S(=O)(=O)Nc2ncccn2)cc1)c1csc2nc(-c3cccs3)cn12. The summed E-state index contributed by atoms with van der Waals surface area (Å²) in [4.78, 5) is 26.9. The molecule has 5 aromatic rings. The average molecular weight is 483 g/mol. The van der Waals surface area contributed by atoms with Crippen LogP contribution in [0.15, 0.2) is 76.7 Å². The maximum absolute atomic E-state index is 12.8. The summed E-state index contributed by atoms with van der Waals surface area (Å²) >= 11 is 2.96. The van der Waals surface area contributed by atoms with Crippen molar-refractivity contribution in [2.45, 2.75) is 4.90 Å². The van der Waals surface area contributed by atoms with Crippen LogP contribution in [0.2, 0.25) is 0 Å². The van der Waals surface area contributed by atoms with Crippen molar-refractivity contribution in [1.82, 2.24) is 19.4 Å². The van der Waals surface area contributed by atoms with Crippen molar-refractivity contribution in [2.24, 2.45) is 0 Å². The number of nitrogens with one attached hydrogen (secondary N) is 2. The van der Waals surface area contributed by atoms with Crippen molar-refractivity contribution in [3.05, 3.63) is 77.5 Å². The molecule has 12 heteroatoms. The number of thiophene rings is 1. The van der Waals surface area contributed by atoms with Crippen molar-refractivity contribution in [3.63, 3.8) is 0 Å². The molecule has 9 nitrogen and oxygen atoms in total. The summed E-state index contributed by atoms with van der Waals surface area (Å²) in [6, 6.07) is 11.4. The minimum atomic E-state index is -3.85. The van der Waals surface area contributed by atoms with E-state index >= 15 is 0 Å². The average Bonchev–Trinajstić information content (AvgIpc) is 3.51. The second-order valence-electron chi connectivity index (χ2n) is 6.53. The number of rotatable bonds is 6. The van der Waals surface area contributed by atoms with Crippen LogP contribution < -0.4 is 10.0 Å². The van der Waals surface area contributed by atoms with Crippen molar-refractivity contribution in [1.29, 1.82) is 0 Å². The second-order valence-corrected chi connectivity index (χ2v) is 10.0. The topological polar surface area (TPSA) is 118 Å². The van der Waals surface area contributed by atoms with Crippen LogP contribution in [0.4, 0.5) is 11.6 Å². The second kappa shape index (κ2) is 8.15. The van der Waals surface area contributed by atoms with E-state index in [9.17, 15) is 13.2 Å². The smallest absolute Gasteiger partial charge is 0.273 e. The molecule has 32 heavy (non-hydrogen) atoms. The Morgan fingerprint density at radius 1 is 1.00 bits per heavy atom. The summed E-state index contributed by atoms with van der Waals surface area (Å²) in [5, 5.41) is 6.50. The number of thiazole rings is 1. The highest BCUT2D eigenvalue weighted by Crippen LogP contribution is 2.27. The Hall–Kier alpha value is -3.61. The van der Waals surface area contributed by atoms with Gasteiger partial charge in [-0.1, -0.05) is 6.07 Å². The minimum Gasteiger partial charge on any atom is -0.321 e. The Morgan fingerprint density at radius 3 is 2.50 bits per heavy atom. The van der Waals surface area contributed by atoms with Crippen LogP contribution in [0.1, 0.15) is 10.5 Å². The Kier molecular flexibility index (Phi) is 5.17. The maximum atomic E-state index is 12.8. The number of fused-ring (bicyclic) bond motifs is 1. The zero-order valence-corrected chi connectivity index (χ0v) is 18.6. The van der Waals surface area contributed by atoms with Gasteiger partial charge >= 0.3 is 0 Å².